The number of hydrogen-bond acceptors (Lipinski definition) is 4. The number of ether oxygens (including phenoxy) is 1. The van der Waals surface area contributed by atoms with E-state index in [2.05, 4.69) is 28.5 Å². The second kappa shape index (κ2) is 5.77. The molecule has 0 radical (unpaired) electrons. The lowest BCUT2D eigenvalue weighted by Gasteiger charge is -1.99. The van der Waals surface area contributed by atoms with Gasteiger partial charge in [0.15, 0.2) is 5.70 Å². The van der Waals surface area contributed by atoms with Crippen LogP contribution < -0.4 is 0 Å². The summed E-state index contributed by atoms with van der Waals surface area (Å²) >= 11 is 4.27. The molecule has 0 aliphatic rings. The van der Waals surface area contributed by atoms with E-state index in [0.717, 1.165) is 6.42 Å². The molecule has 0 saturated carbocycles. The van der Waals surface area contributed by atoms with Crippen molar-refractivity contribution >= 4 is 23.3 Å². The second-order valence-electron chi connectivity index (χ2n) is 1.79. The minimum atomic E-state index is -0.538. The van der Waals surface area contributed by atoms with E-state index in [4.69, 9.17) is 0 Å². The second-order valence-corrected chi connectivity index (χ2v) is 1.97. The van der Waals surface area contributed by atoms with Gasteiger partial charge >= 0.3 is 5.97 Å². The summed E-state index contributed by atoms with van der Waals surface area (Å²) in [5.74, 6) is -0.538. The molecular formula is C7H9NO2S. The number of carbonyl (C=O) groups is 1. The molecule has 11 heavy (non-hydrogen) atoms. The Labute approximate surface area is 70.8 Å². The van der Waals surface area contributed by atoms with Gasteiger partial charge in [0.05, 0.1) is 11.8 Å². The third kappa shape index (κ3) is 4.42. The first-order valence-corrected chi connectivity index (χ1v) is 3.57. The van der Waals surface area contributed by atoms with E-state index in [1.165, 1.54) is 0 Å². The molecule has 4 heteroatoms. The quantitative estimate of drug-likeness (QED) is 0.279. The molecule has 0 heterocycles. The Bertz CT molecular complexity index is 206. The molecule has 0 aliphatic carbocycles. The Kier molecular flexibility index (Phi) is 5.25. The number of esters is 1. The predicted molar refractivity (Wildman–Crippen MR) is 45.4 cm³/mol. The molecule has 0 aliphatic heterocycles. The van der Waals surface area contributed by atoms with Gasteiger partial charge in [-0.3, -0.25) is 0 Å². The lowest BCUT2D eigenvalue weighted by atomic mass is 10.5. The summed E-state index contributed by atoms with van der Waals surface area (Å²) in [7, 11) is 0. The molecule has 0 aromatic rings. The number of thiocarbonyl (C=S) groups is 1. The Morgan fingerprint density at radius 2 is 2.45 bits per heavy atom. The number of aliphatic imine (C=N–C) groups is 1. The maximum Gasteiger partial charge on any atom is 0.357 e. The zero-order valence-electron chi connectivity index (χ0n) is 6.29. The van der Waals surface area contributed by atoms with Gasteiger partial charge in [-0.1, -0.05) is 13.5 Å². The van der Waals surface area contributed by atoms with E-state index in [-0.39, 0.29) is 5.70 Å². The van der Waals surface area contributed by atoms with Crippen LogP contribution in [-0.2, 0) is 9.53 Å². The third-order valence-electron chi connectivity index (χ3n) is 0.854. The molecular weight excluding hydrogens is 162 g/mol. The van der Waals surface area contributed by atoms with Gasteiger partial charge in [0.2, 0.25) is 0 Å². The fourth-order valence-electron chi connectivity index (χ4n) is 0.379. The molecule has 0 saturated heterocycles. The summed E-state index contributed by atoms with van der Waals surface area (Å²) in [5, 5.41) is 2.03. The summed E-state index contributed by atoms with van der Waals surface area (Å²) < 4.78 is 4.69. The maximum atomic E-state index is 10.8. The first-order chi connectivity index (χ1) is 5.22. The molecule has 0 spiro atoms. The van der Waals surface area contributed by atoms with Crippen LogP contribution in [0.1, 0.15) is 13.3 Å². The highest BCUT2D eigenvalue weighted by molar-refractivity contribution is 7.78. The third-order valence-corrected chi connectivity index (χ3v) is 0.945. The van der Waals surface area contributed by atoms with Crippen molar-refractivity contribution in [3.8, 4) is 0 Å². The van der Waals surface area contributed by atoms with Crippen LogP contribution in [0.2, 0.25) is 0 Å². The number of nitrogens with zero attached hydrogens (tertiary/aromatic N) is 1. The van der Waals surface area contributed by atoms with Crippen molar-refractivity contribution in [2.45, 2.75) is 13.3 Å². The van der Waals surface area contributed by atoms with Crippen molar-refractivity contribution in [3.63, 3.8) is 0 Å². The van der Waals surface area contributed by atoms with Gasteiger partial charge in [-0.15, -0.1) is 0 Å². The number of hydrogen-bond donors (Lipinski definition) is 0. The van der Waals surface area contributed by atoms with Crippen molar-refractivity contribution in [1.29, 1.82) is 0 Å². The largest absolute Gasteiger partial charge is 0.461 e. The lowest BCUT2D eigenvalue weighted by molar-refractivity contribution is -0.139. The summed E-state index contributed by atoms with van der Waals surface area (Å²) in [6, 6.07) is 0. The average Bonchev–Trinajstić information content (AvgIpc) is 2.00. The monoisotopic (exact) mass is 171 g/mol. The SMILES string of the molecule is C=C(N=C=S)C(=O)OCCC. The molecule has 60 valence electrons. The first kappa shape index (κ1) is 10.0. The standard InChI is InChI=1S/C7H9NO2S/c1-3-4-10-7(9)6(2)8-5-11/h2-4H2,1H3. The smallest absolute Gasteiger partial charge is 0.357 e. The molecule has 0 fully saturated rings. The van der Waals surface area contributed by atoms with Crippen molar-refractivity contribution in [3.05, 3.63) is 12.3 Å². The average molecular weight is 171 g/mol. The van der Waals surface area contributed by atoms with Crippen LogP contribution in [0.4, 0.5) is 0 Å². The van der Waals surface area contributed by atoms with Crippen molar-refractivity contribution in [2.24, 2.45) is 4.99 Å². The van der Waals surface area contributed by atoms with E-state index in [0.29, 0.717) is 6.61 Å². The van der Waals surface area contributed by atoms with E-state index in [1.807, 2.05) is 12.1 Å². The Morgan fingerprint density at radius 3 is 2.91 bits per heavy atom. The van der Waals surface area contributed by atoms with Crippen molar-refractivity contribution < 1.29 is 9.53 Å². The highest BCUT2D eigenvalue weighted by Gasteiger charge is 2.04. The van der Waals surface area contributed by atoms with E-state index in [9.17, 15) is 4.79 Å². The van der Waals surface area contributed by atoms with Crippen LogP contribution in [0.5, 0.6) is 0 Å². The van der Waals surface area contributed by atoms with E-state index in [1.54, 1.807) is 0 Å². The number of carbonyl (C=O) groups excluding carboxylic acids is 1. The zero-order valence-corrected chi connectivity index (χ0v) is 7.11. The summed E-state index contributed by atoms with van der Waals surface area (Å²) in [6.07, 6.45) is 0.778. The number of isothiocyanates is 1. The van der Waals surface area contributed by atoms with E-state index >= 15 is 0 Å². The van der Waals surface area contributed by atoms with Gasteiger partial charge in [-0.05, 0) is 18.6 Å². The Morgan fingerprint density at radius 1 is 1.82 bits per heavy atom. The van der Waals surface area contributed by atoms with Gasteiger partial charge in [0.1, 0.15) is 0 Å². The zero-order chi connectivity index (χ0) is 8.69. The van der Waals surface area contributed by atoms with Crippen LogP contribution in [0.15, 0.2) is 17.3 Å². The number of rotatable bonds is 4. The minimum Gasteiger partial charge on any atom is -0.461 e. The van der Waals surface area contributed by atoms with Crippen molar-refractivity contribution in [2.75, 3.05) is 6.61 Å². The van der Waals surface area contributed by atoms with Crippen LogP contribution in [0.25, 0.3) is 0 Å². The highest BCUT2D eigenvalue weighted by atomic mass is 32.1. The summed E-state index contributed by atoms with van der Waals surface area (Å²) in [6.45, 7) is 5.61. The van der Waals surface area contributed by atoms with Crippen LogP contribution >= 0.6 is 12.2 Å². The molecule has 0 unspecified atom stereocenters. The highest BCUT2D eigenvalue weighted by Crippen LogP contribution is 1.95. The van der Waals surface area contributed by atoms with Gasteiger partial charge < -0.3 is 4.74 Å². The summed E-state index contributed by atoms with van der Waals surface area (Å²) in [4.78, 5) is 14.2. The van der Waals surface area contributed by atoms with Gasteiger partial charge in [0, 0.05) is 0 Å². The first-order valence-electron chi connectivity index (χ1n) is 3.16. The van der Waals surface area contributed by atoms with Gasteiger partial charge in [-0.2, -0.15) is 4.99 Å². The normalized spacial score (nSPS) is 8.09. The Hall–Kier alpha value is -0.990. The minimum absolute atomic E-state index is 0.00606. The molecule has 0 N–H and O–H groups in total. The molecule has 0 atom stereocenters. The fraction of sp³-hybridized carbons (Fsp3) is 0.429. The Balaban J connectivity index is 3.83. The maximum absolute atomic E-state index is 10.8. The molecule has 0 bridgehead atoms. The van der Waals surface area contributed by atoms with Crippen LogP contribution in [-0.4, -0.2) is 17.7 Å². The van der Waals surface area contributed by atoms with Crippen LogP contribution in [0.3, 0.4) is 0 Å². The molecule has 0 amide bonds. The topological polar surface area (TPSA) is 38.7 Å². The van der Waals surface area contributed by atoms with Crippen molar-refractivity contribution in [1.82, 2.24) is 0 Å². The van der Waals surface area contributed by atoms with E-state index < -0.39 is 5.97 Å². The van der Waals surface area contributed by atoms with Gasteiger partial charge in [-0.25, -0.2) is 4.79 Å². The molecule has 3 nitrogen and oxygen atoms in total. The van der Waals surface area contributed by atoms with Gasteiger partial charge in [0.25, 0.3) is 0 Å². The lowest BCUT2D eigenvalue weighted by Crippen LogP contribution is -2.05. The molecule has 0 aromatic carbocycles. The molecule has 0 aromatic heterocycles. The fourth-order valence-corrected chi connectivity index (χ4v) is 0.489. The summed E-state index contributed by atoms with van der Waals surface area (Å²) in [5.41, 5.74) is -0.00606. The molecule has 0 rings (SSSR count). The predicted octanol–water partition coefficient (Wildman–Crippen LogP) is 1.56. The van der Waals surface area contributed by atoms with Crippen LogP contribution in [0, 0.1) is 0 Å².